The summed E-state index contributed by atoms with van der Waals surface area (Å²) >= 11 is 2.80. The lowest BCUT2D eigenvalue weighted by atomic mass is 10.1. The van der Waals surface area contributed by atoms with Gasteiger partial charge in [0, 0.05) is 30.7 Å². The Hall–Kier alpha value is -3.02. The van der Waals surface area contributed by atoms with Crippen LogP contribution in [-0.4, -0.2) is 65.2 Å². The zero-order chi connectivity index (χ0) is 25.5. The molecule has 2 atom stereocenters. The Morgan fingerprint density at radius 2 is 2.06 bits per heavy atom. The third kappa shape index (κ3) is 6.03. The van der Waals surface area contributed by atoms with Gasteiger partial charge in [-0.1, -0.05) is 36.9 Å². The quantitative estimate of drug-likeness (QED) is 0.436. The second kappa shape index (κ2) is 12.3. The summed E-state index contributed by atoms with van der Waals surface area (Å²) in [4.78, 5) is 50.7. The molecule has 2 aliphatic rings. The van der Waals surface area contributed by atoms with Gasteiger partial charge in [-0.15, -0.1) is 11.3 Å². The molecule has 190 valence electrons. The number of ether oxygens (including phenoxy) is 1. The van der Waals surface area contributed by atoms with Gasteiger partial charge in [-0.25, -0.2) is 9.89 Å². The second-order valence-electron chi connectivity index (χ2n) is 8.27. The van der Waals surface area contributed by atoms with Gasteiger partial charge < -0.3 is 15.4 Å². The smallest absolute Gasteiger partial charge is 0.259 e. The molecule has 3 heterocycles. The first kappa shape index (κ1) is 26.1. The molecule has 2 aromatic rings. The summed E-state index contributed by atoms with van der Waals surface area (Å²) in [6.07, 6.45) is 1.22. The van der Waals surface area contributed by atoms with Crippen LogP contribution in [0.4, 0.5) is 5.69 Å². The van der Waals surface area contributed by atoms with E-state index in [9.17, 15) is 14.4 Å². The van der Waals surface area contributed by atoms with Crippen LogP contribution in [0.15, 0.2) is 51.8 Å². The van der Waals surface area contributed by atoms with Gasteiger partial charge >= 0.3 is 0 Å². The van der Waals surface area contributed by atoms with Crippen molar-refractivity contribution < 1.29 is 19.1 Å². The molecule has 0 saturated heterocycles. The molecule has 36 heavy (non-hydrogen) atoms. The maximum atomic E-state index is 13.4. The molecule has 0 fully saturated rings. The van der Waals surface area contributed by atoms with E-state index < -0.39 is 11.3 Å². The van der Waals surface area contributed by atoms with Crippen LogP contribution in [0.3, 0.4) is 0 Å². The second-order valence-corrected chi connectivity index (χ2v) is 10.5. The molecule has 11 heteroatoms. The fraction of sp³-hybridized carbons (Fsp3) is 0.400. The van der Waals surface area contributed by atoms with Crippen LogP contribution >= 0.6 is 23.1 Å². The van der Waals surface area contributed by atoms with Gasteiger partial charge in [-0.3, -0.25) is 19.4 Å². The van der Waals surface area contributed by atoms with Crippen molar-refractivity contribution in [1.29, 1.82) is 0 Å². The number of para-hydroxylation sites is 1. The van der Waals surface area contributed by atoms with Crippen LogP contribution in [0.2, 0.25) is 0 Å². The zero-order valence-electron chi connectivity index (χ0n) is 20.2. The first-order chi connectivity index (χ1) is 17.5. The van der Waals surface area contributed by atoms with E-state index in [0.717, 1.165) is 16.9 Å². The molecule has 0 radical (unpaired) electrons. The van der Waals surface area contributed by atoms with E-state index in [1.165, 1.54) is 16.7 Å². The number of carbonyl (C=O) groups is 3. The first-order valence-corrected chi connectivity index (χ1v) is 13.6. The largest absolute Gasteiger partial charge is 0.385 e. The number of amides is 3. The van der Waals surface area contributed by atoms with Crippen LogP contribution in [0.1, 0.15) is 36.6 Å². The summed E-state index contributed by atoms with van der Waals surface area (Å²) in [7, 11) is 1.62. The molecule has 2 N–H and O–H groups in total. The number of fused-ring (bicyclic) bond motifs is 3. The van der Waals surface area contributed by atoms with Crippen LogP contribution in [0.5, 0.6) is 0 Å². The Labute approximate surface area is 218 Å². The number of nitrogens with one attached hydrogen (secondary N) is 2. The van der Waals surface area contributed by atoms with Gasteiger partial charge in [0.1, 0.15) is 11.9 Å². The molecule has 0 unspecified atom stereocenters. The third-order valence-corrected chi connectivity index (χ3v) is 7.89. The predicted octanol–water partition coefficient (Wildman–Crippen LogP) is 3.08. The molecule has 1 aromatic heterocycles. The lowest BCUT2D eigenvalue weighted by Gasteiger charge is -2.27. The highest BCUT2D eigenvalue weighted by molar-refractivity contribution is 8.15. The summed E-state index contributed by atoms with van der Waals surface area (Å²) in [5, 5.41) is 7.71. The fourth-order valence-corrected chi connectivity index (χ4v) is 5.54. The zero-order valence-corrected chi connectivity index (χ0v) is 21.9. The molecule has 0 saturated carbocycles. The number of nitrogens with zero attached hydrogens (tertiary/aromatic N) is 3. The Morgan fingerprint density at radius 1 is 1.22 bits per heavy atom. The highest BCUT2D eigenvalue weighted by atomic mass is 32.2. The SMILES string of the molecule is CC[C@H](SC1=Nc2ccccc2C2=N[C@@H](CC(=O)NCc3cccs3)C(=O)N12)C(=O)NCCCOC. The van der Waals surface area contributed by atoms with Crippen LogP contribution in [0, 0.1) is 0 Å². The summed E-state index contributed by atoms with van der Waals surface area (Å²) in [5.74, 6) is -0.200. The van der Waals surface area contributed by atoms with Crippen molar-refractivity contribution in [2.75, 3.05) is 20.3 Å². The monoisotopic (exact) mass is 527 g/mol. The van der Waals surface area contributed by atoms with E-state index in [1.54, 1.807) is 18.4 Å². The van der Waals surface area contributed by atoms with Gasteiger partial charge in [-0.2, -0.15) is 0 Å². The standard InChI is InChI=1S/C25H29N5O4S2/c1-3-20(23(32)26-11-7-12-34-2)36-25-29-18-10-5-4-9-17(18)22-28-19(24(33)30(22)25)14-21(31)27-15-16-8-6-13-35-16/h4-6,8-10,13,19-20H,3,7,11-12,14-15H2,1-2H3,(H,26,32)(H,27,31)/t19-,20-/m0/s1. The highest BCUT2D eigenvalue weighted by Gasteiger charge is 2.43. The van der Waals surface area contributed by atoms with E-state index >= 15 is 0 Å². The molecule has 3 amide bonds. The number of rotatable bonds is 11. The molecule has 0 bridgehead atoms. The van der Waals surface area contributed by atoms with E-state index in [2.05, 4.69) is 15.6 Å². The predicted molar refractivity (Wildman–Crippen MR) is 143 cm³/mol. The molecule has 2 aliphatic heterocycles. The number of hydrogen-bond donors (Lipinski definition) is 2. The Bertz CT molecular complexity index is 1160. The summed E-state index contributed by atoms with van der Waals surface area (Å²) in [6.45, 7) is 3.42. The molecular weight excluding hydrogens is 498 g/mol. The van der Waals surface area contributed by atoms with Crippen molar-refractivity contribution in [3.63, 3.8) is 0 Å². The first-order valence-electron chi connectivity index (χ1n) is 11.8. The maximum Gasteiger partial charge on any atom is 0.259 e. The van der Waals surface area contributed by atoms with Crippen LogP contribution < -0.4 is 10.6 Å². The van der Waals surface area contributed by atoms with Crippen molar-refractivity contribution in [2.45, 2.75) is 44.0 Å². The van der Waals surface area contributed by atoms with Crippen LogP contribution in [0.25, 0.3) is 0 Å². The van der Waals surface area contributed by atoms with Crippen molar-refractivity contribution in [3.8, 4) is 0 Å². The number of thiophene rings is 1. The van der Waals surface area contributed by atoms with Gasteiger partial charge in [0.15, 0.2) is 5.17 Å². The molecular formula is C25H29N5O4S2. The number of amidine groups is 2. The Morgan fingerprint density at radius 3 is 2.81 bits per heavy atom. The summed E-state index contributed by atoms with van der Waals surface area (Å²) in [5.41, 5.74) is 1.41. The lowest BCUT2D eigenvalue weighted by molar-refractivity contribution is -0.128. The van der Waals surface area contributed by atoms with E-state index in [4.69, 9.17) is 9.73 Å². The van der Waals surface area contributed by atoms with E-state index in [-0.39, 0.29) is 24.1 Å². The minimum absolute atomic E-state index is 0.0541. The van der Waals surface area contributed by atoms with E-state index in [1.807, 2.05) is 48.7 Å². The Balaban J connectivity index is 1.49. The third-order valence-electron chi connectivity index (χ3n) is 5.70. The molecule has 9 nitrogen and oxygen atoms in total. The maximum absolute atomic E-state index is 13.4. The molecule has 4 rings (SSSR count). The van der Waals surface area contributed by atoms with Gasteiger partial charge in [0.05, 0.1) is 23.9 Å². The van der Waals surface area contributed by atoms with Gasteiger partial charge in [0.2, 0.25) is 11.8 Å². The Kier molecular flexibility index (Phi) is 8.89. The fourth-order valence-electron chi connectivity index (χ4n) is 3.85. The van der Waals surface area contributed by atoms with Crippen molar-refractivity contribution in [3.05, 3.63) is 52.2 Å². The average Bonchev–Trinajstić information content (AvgIpc) is 3.52. The number of benzene rings is 1. The van der Waals surface area contributed by atoms with E-state index in [0.29, 0.717) is 42.8 Å². The number of hydrogen-bond acceptors (Lipinski definition) is 8. The molecule has 1 aromatic carbocycles. The van der Waals surface area contributed by atoms with Gasteiger partial charge in [0.25, 0.3) is 5.91 Å². The minimum Gasteiger partial charge on any atom is -0.385 e. The normalized spacial score (nSPS) is 17.1. The summed E-state index contributed by atoms with van der Waals surface area (Å²) in [6, 6.07) is 10.5. The van der Waals surface area contributed by atoms with Crippen LogP contribution in [-0.2, 0) is 25.7 Å². The topological polar surface area (TPSA) is 112 Å². The summed E-state index contributed by atoms with van der Waals surface area (Å²) < 4.78 is 5.03. The van der Waals surface area contributed by atoms with Crippen molar-refractivity contribution in [2.24, 2.45) is 9.98 Å². The number of aliphatic imine (C=N–C) groups is 2. The van der Waals surface area contributed by atoms with Crippen molar-refractivity contribution in [1.82, 2.24) is 15.5 Å². The van der Waals surface area contributed by atoms with Crippen molar-refractivity contribution >= 4 is 57.5 Å². The number of methoxy groups -OCH3 is 1. The molecule has 0 aliphatic carbocycles. The minimum atomic E-state index is -0.844. The van der Waals surface area contributed by atoms with Gasteiger partial charge in [-0.05, 0) is 36.4 Å². The molecule has 0 spiro atoms. The number of thioether (sulfide) groups is 1. The highest BCUT2D eigenvalue weighted by Crippen LogP contribution is 2.35. The lowest BCUT2D eigenvalue weighted by Crippen LogP contribution is -2.44. The average molecular weight is 528 g/mol. The number of carbonyl (C=O) groups excluding carboxylic acids is 3.